The second-order valence-corrected chi connectivity index (χ2v) is 4.44. The van der Waals surface area contributed by atoms with Gasteiger partial charge in [-0.25, -0.2) is 14.4 Å². The minimum atomic E-state index is -0.774. The van der Waals surface area contributed by atoms with Gasteiger partial charge < -0.3 is 9.47 Å². The number of fused-ring (bicyclic) bond motifs is 2. The maximum atomic E-state index is 11.9. The van der Waals surface area contributed by atoms with E-state index in [1.807, 2.05) is 0 Å². The van der Waals surface area contributed by atoms with E-state index in [4.69, 9.17) is 0 Å². The first-order chi connectivity index (χ1) is 10.1. The van der Waals surface area contributed by atoms with E-state index in [1.54, 1.807) is 6.07 Å². The van der Waals surface area contributed by atoms with Gasteiger partial charge in [-0.15, -0.1) is 0 Å². The molecule has 1 aliphatic heterocycles. The van der Waals surface area contributed by atoms with Gasteiger partial charge in [-0.3, -0.25) is 4.79 Å². The summed E-state index contributed by atoms with van der Waals surface area (Å²) in [6.45, 7) is 0. The fourth-order valence-corrected chi connectivity index (χ4v) is 2.35. The third-order valence-corrected chi connectivity index (χ3v) is 3.33. The number of aldehydes is 1. The molecular weight excluding hydrogens is 276 g/mol. The number of benzene rings is 2. The molecule has 6 heteroatoms. The van der Waals surface area contributed by atoms with Crippen LogP contribution in [0.4, 0.5) is 0 Å². The lowest BCUT2D eigenvalue weighted by molar-refractivity contribution is 0.0442. The smallest absolute Gasteiger partial charge is 0.346 e. The number of methoxy groups -OCH3 is 1. The molecule has 0 unspecified atom stereocenters. The first-order valence-electron chi connectivity index (χ1n) is 5.97. The molecular formula is C15H8O6. The van der Waals surface area contributed by atoms with Crippen molar-refractivity contribution in [2.75, 3.05) is 7.11 Å². The van der Waals surface area contributed by atoms with Gasteiger partial charge in [-0.05, 0) is 22.9 Å². The summed E-state index contributed by atoms with van der Waals surface area (Å²) in [5, 5.41) is 0.892. The summed E-state index contributed by atoms with van der Waals surface area (Å²) in [7, 11) is 1.20. The van der Waals surface area contributed by atoms with Crippen LogP contribution in [0.3, 0.4) is 0 Å². The largest absolute Gasteiger partial charge is 0.465 e. The Kier molecular flexibility index (Phi) is 2.79. The van der Waals surface area contributed by atoms with Crippen LogP contribution < -0.4 is 0 Å². The lowest BCUT2D eigenvalue weighted by Gasteiger charge is -2.08. The quantitative estimate of drug-likeness (QED) is 0.474. The molecule has 0 aliphatic carbocycles. The Bertz CT molecular complexity index is 834. The number of carbonyl (C=O) groups excluding carboxylic acids is 4. The fourth-order valence-electron chi connectivity index (χ4n) is 2.35. The number of cyclic esters (lactones) is 2. The van der Waals surface area contributed by atoms with Crippen LogP contribution in [-0.2, 0) is 9.47 Å². The van der Waals surface area contributed by atoms with Crippen molar-refractivity contribution in [2.45, 2.75) is 0 Å². The van der Waals surface area contributed by atoms with Crippen molar-refractivity contribution in [3.05, 3.63) is 46.5 Å². The van der Waals surface area contributed by atoms with Crippen molar-refractivity contribution in [2.24, 2.45) is 0 Å². The second kappa shape index (κ2) is 4.52. The first kappa shape index (κ1) is 13.0. The van der Waals surface area contributed by atoms with E-state index in [0.29, 0.717) is 17.1 Å². The summed E-state index contributed by atoms with van der Waals surface area (Å²) in [5.41, 5.74) is 0.412. The van der Waals surface area contributed by atoms with Crippen molar-refractivity contribution in [3.63, 3.8) is 0 Å². The number of hydrogen-bond donors (Lipinski definition) is 0. The van der Waals surface area contributed by atoms with E-state index < -0.39 is 17.9 Å². The average molecular weight is 284 g/mol. The van der Waals surface area contributed by atoms with E-state index in [-0.39, 0.29) is 22.3 Å². The molecule has 2 aromatic rings. The monoisotopic (exact) mass is 284 g/mol. The van der Waals surface area contributed by atoms with E-state index in [2.05, 4.69) is 9.47 Å². The van der Waals surface area contributed by atoms with Crippen LogP contribution in [0.2, 0.25) is 0 Å². The van der Waals surface area contributed by atoms with Crippen LogP contribution in [0.5, 0.6) is 0 Å². The highest BCUT2D eigenvalue weighted by atomic mass is 16.6. The Labute approximate surface area is 118 Å². The number of hydrogen-bond acceptors (Lipinski definition) is 6. The molecule has 1 heterocycles. The first-order valence-corrected chi connectivity index (χ1v) is 5.97. The van der Waals surface area contributed by atoms with Gasteiger partial charge in [-0.2, -0.15) is 0 Å². The summed E-state index contributed by atoms with van der Waals surface area (Å²) in [5.74, 6) is -2.19. The van der Waals surface area contributed by atoms with Crippen molar-refractivity contribution >= 4 is 35.0 Å². The van der Waals surface area contributed by atoms with Crippen LogP contribution in [0.1, 0.15) is 41.4 Å². The molecule has 0 saturated carbocycles. The summed E-state index contributed by atoms with van der Waals surface area (Å²) < 4.78 is 9.20. The van der Waals surface area contributed by atoms with Gasteiger partial charge in [0.15, 0.2) is 6.29 Å². The third kappa shape index (κ3) is 1.80. The zero-order valence-electron chi connectivity index (χ0n) is 10.8. The number of rotatable bonds is 2. The zero-order valence-corrected chi connectivity index (χ0v) is 10.8. The SMILES string of the molecule is COC(=O)c1c(C=O)ccc2cc3c(cc12)C(=O)OC3=O. The minimum Gasteiger partial charge on any atom is -0.465 e. The highest BCUT2D eigenvalue weighted by Crippen LogP contribution is 2.29. The van der Waals surface area contributed by atoms with E-state index in [1.165, 1.54) is 25.3 Å². The molecule has 0 amide bonds. The molecule has 6 nitrogen and oxygen atoms in total. The molecule has 0 spiro atoms. The predicted molar refractivity (Wildman–Crippen MR) is 70.4 cm³/mol. The third-order valence-electron chi connectivity index (χ3n) is 3.33. The Morgan fingerprint density at radius 1 is 1.14 bits per heavy atom. The Morgan fingerprint density at radius 3 is 2.43 bits per heavy atom. The minimum absolute atomic E-state index is 0.0555. The Morgan fingerprint density at radius 2 is 1.81 bits per heavy atom. The molecule has 0 fully saturated rings. The standard InChI is InChI=1S/C15H8O6/c1-20-15(19)12-8(6-16)3-2-7-4-10-11(5-9(7)12)14(18)21-13(10)17/h2-6H,1H3. The molecule has 1 aliphatic rings. The van der Waals surface area contributed by atoms with Gasteiger partial charge in [-0.1, -0.05) is 12.1 Å². The highest BCUT2D eigenvalue weighted by molar-refractivity contribution is 6.19. The molecule has 0 aromatic heterocycles. The van der Waals surface area contributed by atoms with Gasteiger partial charge in [0.05, 0.1) is 23.8 Å². The molecule has 0 bridgehead atoms. The van der Waals surface area contributed by atoms with E-state index in [0.717, 1.165) is 0 Å². The van der Waals surface area contributed by atoms with Gasteiger partial charge in [0, 0.05) is 5.56 Å². The number of ether oxygens (including phenoxy) is 2. The lowest BCUT2D eigenvalue weighted by atomic mass is 9.95. The van der Waals surface area contributed by atoms with Crippen molar-refractivity contribution in [3.8, 4) is 0 Å². The Hall–Kier alpha value is -3.02. The zero-order chi connectivity index (χ0) is 15.1. The van der Waals surface area contributed by atoms with Crippen LogP contribution >= 0.6 is 0 Å². The van der Waals surface area contributed by atoms with Gasteiger partial charge in [0.2, 0.25) is 0 Å². The topological polar surface area (TPSA) is 86.7 Å². The maximum absolute atomic E-state index is 11.9. The highest BCUT2D eigenvalue weighted by Gasteiger charge is 2.31. The molecule has 0 atom stereocenters. The van der Waals surface area contributed by atoms with Crippen molar-refractivity contribution in [1.29, 1.82) is 0 Å². The fraction of sp³-hybridized carbons (Fsp3) is 0.0667. The van der Waals surface area contributed by atoms with Crippen LogP contribution in [0.25, 0.3) is 10.8 Å². The molecule has 0 saturated heterocycles. The van der Waals surface area contributed by atoms with Crippen molar-refractivity contribution in [1.82, 2.24) is 0 Å². The summed E-state index contributed by atoms with van der Waals surface area (Å²) in [4.78, 5) is 46.1. The maximum Gasteiger partial charge on any atom is 0.346 e. The molecule has 0 radical (unpaired) electrons. The molecule has 3 rings (SSSR count). The summed E-state index contributed by atoms with van der Waals surface area (Å²) >= 11 is 0. The number of esters is 3. The van der Waals surface area contributed by atoms with Gasteiger partial charge in [0.25, 0.3) is 0 Å². The molecule has 2 aromatic carbocycles. The van der Waals surface area contributed by atoms with Gasteiger partial charge >= 0.3 is 17.9 Å². The van der Waals surface area contributed by atoms with Gasteiger partial charge in [0.1, 0.15) is 0 Å². The molecule has 104 valence electrons. The van der Waals surface area contributed by atoms with E-state index >= 15 is 0 Å². The Balaban J connectivity index is 2.41. The average Bonchev–Trinajstić information content (AvgIpc) is 2.77. The van der Waals surface area contributed by atoms with Crippen molar-refractivity contribution < 1.29 is 28.7 Å². The summed E-state index contributed by atoms with van der Waals surface area (Å²) in [6, 6.07) is 5.87. The summed E-state index contributed by atoms with van der Waals surface area (Å²) in [6.07, 6.45) is 0.530. The normalized spacial score (nSPS) is 13.0. The second-order valence-electron chi connectivity index (χ2n) is 4.44. The van der Waals surface area contributed by atoms with E-state index in [9.17, 15) is 19.2 Å². The molecule has 0 N–H and O–H groups in total. The number of carbonyl (C=O) groups is 4. The lowest BCUT2D eigenvalue weighted by Crippen LogP contribution is -2.07. The van der Waals surface area contributed by atoms with Crippen LogP contribution in [0.15, 0.2) is 24.3 Å². The van der Waals surface area contributed by atoms with Crippen LogP contribution in [-0.4, -0.2) is 31.3 Å². The predicted octanol–water partition coefficient (Wildman–Crippen LogP) is 1.75. The molecule has 21 heavy (non-hydrogen) atoms. The van der Waals surface area contributed by atoms with Crippen LogP contribution in [0, 0.1) is 0 Å².